The summed E-state index contributed by atoms with van der Waals surface area (Å²) in [5.74, 6) is 1.53. The van der Waals surface area contributed by atoms with Crippen LogP contribution in [0.1, 0.15) is 24.3 Å². The summed E-state index contributed by atoms with van der Waals surface area (Å²) in [7, 11) is 0. The lowest BCUT2D eigenvalue weighted by atomic mass is 9.95. The Morgan fingerprint density at radius 1 is 1.16 bits per heavy atom. The van der Waals surface area contributed by atoms with Crippen molar-refractivity contribution in [2.45, 2.75) is 26.2 Å². The fourth-order valence-corrected chi connectivity index (χ4v) is 3.85. The molecule has 3 heterocycles. The quantitative estimate of drug-likeness (QED) is 0.587. The van der Waals surface area contributed by atoms with E-state index in [2.05, 4.69) is 31.2 Å². The lowest BCUT2D eigenvalue weighted by Gasteiger charge is -2.31. The molecule has 4 rings (SSSR count). The second-order valence-electron chi connectivity index (χ2n) is 7.57. The van der Waals surface area contributed by atoms with Crippen molar-refractivity contribution in [1.82, 2.24) is 14.9 Å². The average molecular weight is 483 g/mol. The summed E-state index contributed by atoms with van der Waals surface area (Å²) in [4.78, 5) is 35.8. The SMILES string of the molecule is Cc1oc(-c2ccccc2)nc1CC(=O)N1CCC(C(=O)Nc2ccc(Br)cn2)CC1. The summed E-state index contributed by atoms with van der Waals surface area (Å²) < 4.78 is 6.61. The normalized spacial score (nSPS) is 14.5. The van der Waals surface area contributed by atoms with Gasteiger partial charge in [0.25, 0.3) is 0 Å². The summed E-state index contributed by atoms with van der Waals surface area (Å²) in [6, 6.07) is 13.2. The van der Waals surface area contributed by atoms with Crippen LogP contribution in [0.5, 0.6) is 0 Å². The number of amides is 2. The predicted molar refractivity (Wildman–Crippen MR) is 120 cm³/mol. The molecule has 1 aliphatic heterocycles. The third-order valence-corrected chi connectivity index (χ3v) is 5.90. The van der Waals surface area contributed by atoms with Gasteiger partial charge in [-0.2, -0.15) is 0 Å². The second kappa shape index (κ2) is 9.43. The molecule has 2 amide bonds. The first-order valence-corrected chi connectivity index (χ1v) is 11.0. The molecule has 1 aliphatic rings. The van der Waals surface area contributed by atoms with E-state index in [0.717, 1.165) is 10.0 Å². The summed E-state index contributed by atoms with van der Waals surface area (Å²) in [5.41, 5.74) is 1.54. The number of aryl methyl sites for hydroxylation is 1. The summed E-state index contributed by atoms with van der Waals surface area (Å²) in [6.45, 7) is 2.93. The van der Waals surface area contributed by atoms with Crippen LogP contribution < -0.4 is 5.32 Å². The molecule has 160 valence electrons. The van der Waals surface area contributed by atoms with Gasteiger partial charge in [0.2, 0.25) is 17.7 Å². The highest BCUT2D eigenvalue weighted by molar-refractivity contribution is 9.10. The first kappa shape index (κ1) is 21.2. The van der Waals surface area contributed by atoms with Crippen molar-refractivity contribution >= 4 is 33.6 Å². The van der Waals surface area contributed by atoms with Crippen LogP contribution in [-0.2, 0) is 16.0 Å². The maximum Gasteiger partial charge on any atom is 0.228 e. The van der Waals surface area contributed by atoms with Crippen molar-refractivity contribution in [2.75, 3.05) is 18.4 Å². The highest BCUT2D eigenvalue weighted by Gasteiger charge is 2.28. The third kappa shape index (κ3) is 5.19. The molecule has 1 saturated heterocycles. The molecule has 0 unspecified atom stereocenters. The van der Waals surface area contributed by atoms with Gasteiger partial charge >= 0.3 is 0 Å². The smallest absolute Gasteiger partial charge is 0.228 e. The standard InChI is InChI=1S/C23H23BrN4O3/c1-15-19(26-23(31-15)17-5-3-2-4-6-17)13-21(29)28-11-9-16(10-12-28)22(30)27-20-8-7-18(24)14-25-20/h2-8,14,16H,9-13H2,1H3,(H,25,27,30). The zero-order valence-electron chi connectivity index (χ0n) is 17.2. The van der Waals surface area contributed by atoms with Gasteiger partial charge in [-0.05, 0) is 60.0 Å². The Kier molecular flexibility index (Phi) is 6.46. The topological polar surface area (TPSA) is 88.3 Å². The number of halogens is 1. The minimum atomic E-state index is -0.132. The lowest BCUT2D eigenvalue weighted by molar-refractivity contribution is -0.133. The molecule has 1 fully saturated rings. The highest BCUT2D eigenvalue weighted by atomic mass is 79.9. The van der Waals surface area contributed by atoms with Gasteiger partial charge < -0.3 is 14.6 Å². The van der Waals surface area contributed by atoms with Crippen LogP contribution in [0.4, 0.5) is 5.82 Å². The Morgan fingerprint density at radius 3 is 2.58 bits per heavy atom. The van der Waals surface area contributed by atoms with E-state index in [0.29, 0.717) is 49.1 Å². The van der Waals surface area contributed by atoms with Crippen molar-refractivity contribution < 1.29 is 14.0 Å². The summed E-state index contributed by atoms with van der Waals surface area (Å²) in [5, 5.41) is 2.85. The Labute approximate surface area is 189 Å². The highest BCUT2D eigenvalue weighted by Crippen LogP contribution is 2.24. The number of oxazole rings is 1. The van der Waals surface area contributed by atoms with Gasteiger partial charge in [-0.25, -0.2) is 9.97 Å². The molecular weight excluding hydrogens is 460 g/mol. The lowest BCUT2D eigenvalue weighted by Crippen LogP contribution is -2.42. The van der Waals surface area contributed by atoms with Crippen LogP contribution in [0.3, 0.4) is 0 Å². The minimum absolute atomic E-state index is 0.00412. The number of hydrogen-bond acceptors (Lipinski definition) is 5. The van der Waals surface area contributed by atoms with Gasteiger partial charge in [-0.3, -0.25) is 9.59 Å². The van der Waals surface area contributed by atoms with E-state index in [1.807, 2.05) is 43.3 Å². The van der Waals surface area contributed by atoms with Gasteiger partial charge in [0.1, 0.15) is 11.6 Å². The number of aromatic nitrogens is 2. The molecule has 0 aliphatic carbocycles. The van der Waals surface area contributed by atoms with Gasteiger partial charge in [0.05, 0.1) is 12.1 Å². The third-order valence-electron chi connectivity index (χ3n) is 5.43. The van der Waals surface area contributed by atoms with Crippen LogP contribution in [0.2, 0.25) is 0 Å². The van der Waals surface area contributed by atoms with Crippen LogP contribution in [-0.4, -0.2) is 39.8 Å². The molecule has 0 saturated carbocycles. The molecule has 3 aromatic rings. The van der Waals surface area contributed by atoms with Crippen LogP contribution in [0.15, 0.2) is 57.6 Å². The number of rotatable bonds is 5. The molecule has 1 aromatic carbocycles. The zero-order chi connectivity index (χ0) is 21.8. The Morgan fingerprint density at radius 2 is 1.90 bits per heavy atom. The fraction of sp³-hybridized carbons (Fsp3) is 0.304. The number of benzene rings is 1. The first-order valence-electron chi connectivity index (χ1n) is 10.2. The number of carbonyl (C=O) groups is 2. The molecule has 1 N–H and O–H groups in total. The molecule has 31 heavy (non-hydrogen) atoms. The maximum absolute atomic E-state index is 12.8. The van der Waals surface area contributed by atoms with E-state index >= 15 is 0 Å². The number of likely N-dealkylation sites (tertiary alicyclic amines) is 1. The molecule has 7 nitrogen and oxygen atoms in total. The number of nitrogens with zero attached hydrogens (tertiary/aromatic N) is 3. The Bertz CT molecular complexity index is 1060. The van der Waals surface area contributed by atoms with E-state index in [1.54, 1.807) is 17.2 Å². The van der Waals surface area contributed by atoms with Crippen molar-refractivity contribution in [3.8, 4) is 11.5 Å². The van der Waals surface area contributed by atoms with Crippen molar-refractivity contribution in [2.24, 2.45) is 5.92 Å². The second-order valence-corrected chi connectivity index (χ2v) is 8.49. The van der Waals surface area contributed by atoms with E-state index in [-0.39, 0.29) is 24.2 Å². The van der Waals surface area contributed by atoms with Gasteiger partial charge in [-0.15, -0.1) is 0 Å². The maximum atomic E-state index is 12.8. The van der Waals surface area contributed by atoms with Crippen LogP contribution in [0, 0.1) is 12.8 Å². The van der Waals surface area contributed by atoms with Crippen molar-refractivity contribution in [3.63, 3.8) is 0 Å². The van der Waals surface area contributed by atoms with E-state index < -0.39 is 0 Å². The fourth-order valence-electron chi connectivity index (χ4n) is 3.62. The molecule has 8 heteroatoms. The number of piperidine rings is 1. The molecule has 0 radical (unpaired) electrons. The molecule has 0 bridgehead atoms. The number of hydrogen-bond donors (Lipinski definition) is 1. The van der Waals surface area contributed by atoms with Crippen molar-refractivity contribution in [3.05, 3.63) is 64.6 Å². The molecule has 0 spiro atoms. The van der Waals surface area contributed by atoms with Gasteiger partial charge in [0.15, 0.2) is 0 Å². The first-order chi connectivity index (χ1) is 15.0. The van der Waals surface area contributed by atoms with Gasteiger partial charge in [-0.1, -0.05) is 18.2 Å². The molecular formula is C23H23BrN4O3. The number of anilines is 1. The van der Waals surface area contributed by atoms with Crippen molar-refractivity contribution in [1.29, 1.82) is 0 Å². The Hall–Kier alpha value is -3.00. The largest absolute Gasteiger partial charge is 0.441 e. The average Bonchev–Trinajstić information content (AvgIpc) is 3.16. The van der Waals surface area contributed by atoms with E-state index in [4.69, 9.17) is 4.42 Å². The van der Waals surface area contributed by atoms with E-state index in [9.17, 15) is 9.59 Å². The number of pyridine rings is 1. The summed E-state index contributed by atoms with van der Waals surface area (Å²) in [6.07, 6.45) is 3.09. The number of nitrogens with one attached hydrogen (secondary N) is 1. The molecule has 0 atom stereocenters. The minimum Gasteiger partial charge on any atom is -0.441 e. The van der Waals surface area contributed by atoms with Crippen LogP contribution in [0.25, 0.3) is 11.5 Å². The number of carbonyl (C=O) groups excluding carboxylic acids is 2. The van der Waals surface area contributed by atoms with Crippen LogP contribution >= 0.6 is 15.9 Å². The Balaban J connectivity index is 1.31. The zero-order valence-corrected chi connectivity index (χ0v) is 18.8. The predicted octanol–water partition coefficient (Wildman–Crippen LogP) is 4.23. The summed E-state index contributed by atoms with van der Waals surface area (Å²) >= 11 is 3.33. The monoisotopic (exact) mass is 482 g/mol. The van der Waals surface area contributed by atoms with E-state index in [1.165, 1.54) is 0 Å². The van der Waals surface area contributed by atoms with Gasteiger partial charge in [0, 0.05) is 35.2 Å². The molecule has 2 aromatic heterocycles.